The molecule has 166 valence electrons. The maximum atomic E-state index is 12.6. The van der Waals surface area contributed by atoms with Gasteiger partial charge in [0.05, 0.1) is 16.7 Å². The monoisotopic (exact) mass is 450 g/mol. The molecule has 0 saturated heterocycles. The number of carboxylic acids is 3. The third kappa shape index (κ3) is 3.42. The lowest BCUT2D eigenvalue weighted by Crippen LogP contribution is -2.07. The third-order valence-electron chi connectivity index (χ3n) is 6.19. The largest absolute Gasteiger partial charge is 0.478 e. The topological polar surface area (TPSA) is 112 Å². The van der Waals surface area contributed by atoms with Crippen molar-refractivity contribution in [1.29, 1.82) is 0 Å². The molecule has 0 fully saturated rings. The minimum Gasteiger partial charge on any atom is -0.478 e. The number of hydrogen-bond acceptors (Lipinski definition) is 3. The van der Waals surface area contributed by atoms with E-state index in [0.717, 1.165) is 16.7 Å². The van der Waals surface area contributed by atoms with Crippen LogP contribution in [0.25, 0.3) is 33.4 Å². The van der Waals surface area contributed by atoms with Crippen LogP contribution >= 0.6 is 0 Å². The van der Waals surface area contributed by atoms with E-state index in [1.807, 2.05) is 30.3 Å². The van der Waals surface area contributed by atoms with E-state index in [1.54, 1.807) is 24.3 Å². The van der Waals surface area contributed by atoms with Gasteiger partial charge in [-0.2, -0.15) is 0 Å². The fraction of sp³-hybridized carbons (Fsp3) is 0.0357. The zero-order valence-electron chi connectivity index (χ0n) is 17.8. The summed E-state index contributed by atoms with van der Waals surface area (Å²) in [6, 6.07) is 22.1. The summed E-state index contributed by atoms with van der Waals surface area (Å²) in [5, 5.41) is 28.9. The molecule has 6 nitrogen and oxygen atoms in total. The Labute approximate surface area is 194 Å². The Bertz CT molecular complexity index is 1480. The molecule has 0 atom stereocenters. The molecule has 0 radical (unpaired) electrons. The van der Waals surface area contributed by atoms with Gasteiger partial charge < -0.3 is 15.3 Å². The van der Waals surface area contributed by atoms with Crippen molar-refractivity contribution in [3.63, 3.8) is 0 Å². The summed E-state index contributed by atoms with van der Waals surface area (Å²) in [5.74, 6) is -3.20. The Morgan fingerprint density at radius 2 is 1.15 bits per heavy atom. The van der Waals surface area contributed by atoms with E-state index in [-0.39, 0.29) is 16.7 Å². The van der Waals surface area contributed by atoms with Crippen molar-refractivity contribution in [2.24, 2.45) is 0 Å². The molecule has 0 aromatic heterocycles. The maximum Gasteiger partial charge on any atom is 0.336 e. The van der Waals surface area contributed by atoms with Crippen molar-refractivity contribution in [2.75, 3.05) is 0 Å². The Kier molecular flexibility index (Phi) is 4.98. The van der Waals surface area contributed by atoms with E-state index in [1.165, 1.54) is 24.3 Å². The first-order chi connectivity index (χ1) is 16.3. The first-order valence-corrected chi connectivity index (χ1v) is 10.5. The van der Waals surface area contributed by atoms with Gasteiger partial charge in [0.1, 0.15) is 0 Å². The minimum atomic E-state index is -1.08. The second-order valence-corrected chi connectivity index (χ2v) is 8.10. The minimum absolute atomic E-state index is 0.0987. The Balaban J connectivity index is 1.83. The molecular formula is C28H18O6. The summed E-state index contributed by atoms with van der Waals surface area (Å²) >= 11 is 0. The summed E-state index contributed by atoms with van der Waals surface area (Å²) in [6.45, 7) is 0. The number of rotatable bonds is 5. The number of carbonyl (C=O) groups is 3. The fourth-order valence-corrected chi connectivity index (χ4v) is 4.61. The molecule has 0 aliphatic heterocycles. The van der Waals surface area contributed by atoms with Crippen molar-refractivity contribution < 1.29 is 29.7 Å². The highest BCUT2D eigenvalue weighted by Gasteiger charge is 2.29. The summed E-state index contributed by atoms with van der Waals surface area (Å²) in [7, 11) is 0. The van der Waals surface area contributed by atoms with Crippen molar-refractivity contribution in [3.05, 3.63) is 107 Å². The van der Waals surface area contributed by atoms with Crippen LogP contribution in [0.5, 0.6) is 0 Å². The van der Waals surface area contributed by atoms with Gasteiger partial charge >= 0.3 is 17.9 Å². The van der Waals surface area contributed by atoms with E-state index in [0.29, 0.717) is 34.2 Å². The van der Waals surface area contributed by atoms with E-state index in [9.17, 15) is 29.7 Å². The molecule has 1 aliphatic carbocycles. The highest BCUT2D eigenvalue weighted by molar-refractivity contribution is 6.07. The first kappa shape index (κ1) is 21.2. The number of fused-ring (bicyclic) bond motifs is 3. The van der Waals surface area contributed by atoms with Crippen molar-refractivity contribution in [2.45, 2.75) is 6.42 Å². The van der Waals surface area contributed by atoms with Gasteiger partial charge in [-0.15, -0.1) is 0 Å². The standard InChI is InChI=1S/C28H18O6/c29-26(30)17-9-5-15(6-10-17)21-14-22-20-4-2-1-3-19(20)13-23(22)25(28(33)34)24(21)16-7-11-18(12-8-16)27(31)32/h1-12,14H,13H2,(H,29,30)(H,31,32)(H,33,34). The molecule has 0 bridgehead atoms. The molecule has 4 aromatic rings. The molecule has 4 aromatic carbocycles. The van der Waals surface area contributed by atoms with E-state index in [4.69, 9.17) is 0 Å². The van der Waals surface area contributed by atoms with Gasteiger partial charge in [-0.05, 0) is 75.7 Å². The van der Waals surface area contributed by atoms with Crippen LogP contribution in [0.3, 0.4) is 0 Å². The zero-order chi connectivity index (χ0) is 24.0. The summed E-state index contributed by atoms with van der Waals surface area (Å²) in [6.07, 6.45) is 0.478. The predicted molar refractivity (Wildman–Crippen MR) is 126 cm³/mol. The molecule has 0 unspecified atom stereocenters. The van der Waals surface area contributed by atoms with E-state index >= 15 is 0 Å². The second kappa shape index (κ2) is 8.01. The van der Waals surface area contributed by atoms with Crippen LogP contribution in [0.4, 0.5) is 0 Å². The predicted octanol–water partition coefficient (Wildman–Crippen LogP) is 5.69. The summed E-state index contributed by atoms with van der Waals surface area (Å²) in [5.41, 5.74) is 6.26. The summed E-state index contributed by atoms with van der Waals surface area (Å²) in [4.78, 5) is 35.3. The van der Waals surface area contributed by atoms with Crippen LogP contribution in [0.1, 0.15) is 42.2 Å². The smallest absolute Gasteiger partial charge is 0.336 e. The average Bonchev–Trinajstić information content (AvgIpc) is 3.21. The number of carboxylic acid groups (broad SMARTS) is 3. The van der Waals surface area contributed by atoms with Gasteiger partial charge in [-0.3, -0.25) is 0 Å². The molecule has 0 amide bonds. The SMILES string of the molecule is O=C(O)c1ccc(-c2cc3c(c(C(=O)O)c2-c2ccc(C(=O)O)cc2)Cc2ccccc2-3)cc1. The van der Waals surface area contributed by atoms with Gasteiger partial charge in [-0.1, -0.05) is 48.5 Å². The molecule has 34 heavy (non-hydrogen) atoms. The Morgan fingerprint density at radius 1 is 0.588 bits per heavy atom. The molecule has 6 heteroatoms. The summed E-state index contributed by atoms with van der Waals surface area (Å²) < 4.78 is 0. The molecule has 1 aliphatic rings. The average molecular weight is 450 g/mol. The molecule has 3 N–H and O–H groups in total. The zero-order valence-corrected chi connectivity index (χ0v) is 17.8. The lowest BCUT2D eigenvalue weighted by molar-refractivity contribution is 0.0685. The van der Waals surface area contributed by atoms with Crippen LogP contribution in [0.15, 0.2) is 78.9 Å². The maximum absolute atomic E-state index is 12.6. The fourth-order valence-electron chi connectivity index (χ4n) is 4.61. The quantitative estimate of drug-likeness (QED) is 0.317. The molecule has 0 heterocycles. The molecule has 5 rings (SSSR count). The highest BCUT2D eigenvalue weighted by atomic mass is 16.4. The Hall–Kier alpha value is -4.71. The number of hydrogen-bond donors (Lipinski definition) is 3. The van der Waals surface area contributed by atoms with Crippen LogP contribution in [-0.2, 0) is 6.42 Å². The lowest BCUT2D eigenvalue weighted by atomic mass is 9.84. The third-order valence-corrected chi connectivity index (χ3v) is 6.19. The van der Waals surface area contributed by atoms with Crippen molar-refractivity contribution in [1.82, 2.24) is 0 Å². The first-order valence-electron chi connectivity index (χ1n) is 10.5. The van der Waals surface area contributed by atoms with Gasteiger partial charge in [0.25, 0.3) is 0 Å². The molecule has 0 spiro atoms. The number of aromatic carboxylic acids is 3. The number of benzene rings is 4. The normalized spacial score (nSPS) is 11.5. The molecular weight excluding hydrogens is 432 g/mol. The van der Waals surface area contributed by atoms with Gasteiger partial charge in [0.2, 0.25) is 0 Å². The van der Waals surface area contributed by atoms with Crippen molar-refractivity contribution >= 4 is 17.9 Å². The van der Waals surface area contributed by atoms with Gasteiger partial charge in [0.15, 0.2) is 0 Å². The molecule has 0 saturated carbocycles. The van der Waals surface area contributed by atoms with Gasteiger partial charge in [-0.25, -0.2) is 14.4 Å². The lowest BCUT2D eigenvalue weighted by Gasteiger charge is -2.18. The van der Waals surface area contributed by atoms with E-state index in [2.05, 4.69) is 0 Å². The second-order valence-electron chi connectivity index (χ2n) is 8.10. The van der Waals surface area contributed by atoms with Crippen molar-refractivity contribution in [3.8, 4) is 33.4 Å². The van der Waals surface area contributed by atoms with Crippen LogP contribution in [0, 0.1) is 0 Å². The van der Waals surface area contributed by atoms with Crippen LogP contribution in [0.2, 0.25) is 0 Å². The van der Waals surface area contributed by atoms with Crippen LogP contribution in [-0.4, -0.2) is 33.2 Å². The van der Waals surface area contributed by atoms with Gasteiger partial charge in [0, 0.05) is 5.56 Å². The Morgan fingerprint density at radius 3 is 1.71 bits per heavy atom. The van der Waals surface area contributed by atoms with E-state index < -0.39 is 17.9 Å². The van der Waals surface area contributed by atoms with Crippen LogP contribution < -0.4 is 0 Å². The highest BCUT2D eigenvalue weighted by Crippen LogP contribution is 2.46.